The Balaban J connectivity index is 3.97. The molecule has 0 aromatic heterocycles. The maximum Gasteiger partial charge on any atom is 0.222 e. The predicted molar refractivity (Wildman–Crippen MR) is 148 cm³/mol. The first-order valence-corrected chi connectivity index (χ1v) is 13.9. The summed E-state index contributed by atoms with van der Waals surface area (Å²) in [7, 11) is 0. The minimum atomic E-state index is -0.962. The van der Waals surface area contributed by atoms with Crippen LogP contribution in [0.4, 0.5) is 0 Å². The van der Waals surface area contributed by atoms with Gasteiger partial charge in [0.2, 0.25) is 5.91 Å². The molecule has 0 fully saturated rings. The molecular weight excluding hydrogens is 438 g/mol. The maximum absolute atomic E-state index is 12.2. The van der Waals surface area contributed by atoms with E-state index in [4.69, 9.17) is 0 Å². The Kier molecular flexibility index (Phi) is 24.2. The van der Waals surface area contributed by atoms with E-state index in [1.165, 1.54) is 38.5 Å². The third-order valence-electron chi connectivity index (χ3n) is 5.91. The molecule has 5 nitrogen and oxygen atoms in total. The predicted octanol–water partition coefficient (Wildman–Crippen LogP) is 6.30. The SMILES string of the molecule is C/C=C/CC/C=C/CC/C=C/C(O)C(CO)NC(=O)CC(O)CCC/C=C\CCCCCCCC. The minimum Gasteiger partial charge on any atom is -0.394 e. The first-order valence-electron chi connectivity index (χ1n) is 13.9. The highest BCUT2D eigenvalue weighted by Gasteiger charge is 2.19. The Bertz CT molecular complexity index is 597. The van der Waals surface area contributed by atoms with Gasteiger partial charge in [-0.2, -0.15) is 0 Å². The summed E-state index contributed by atoms with van der Waals surface area (Å²) in [5.41, 5.74) is 0. The van der Waals surface area contributed by atoms with Crippen LogP contribution in [-0.2, 0) is 4.79 Å². The van der Waals surface area contributed by atoms with Crippen molar-refractivity contribution in [3.63, 3.8) is 0 Å². The lowest BCUT2D eigenvalue weighted by Crippen LogP contribution is -2.45. The van der Waals surface area contributed by atoms with Crippen LogP contribution in [-0.4, -0.2) is 46.1 Å². The highest BCUT2D eigenvalue weighted by atomic mass is 16.3. The molecule has 0 aliphatic rings. The molecule has 3 unspecified atom stereocenters. The average molecular weight is 492 g/mol. The van der Waals surface area contributed by atoms with Gasteiger partial charge >= 0.3 is 0 Å². The van der Waals surface area contributed by atoms with E-state index in [9.17, 15) is 20.1 Å². The first-order chi connectivity index (χ1) is 17.0. The molecule has 1 amide bonds. The molecule has 0 aromatic rings. The summed E-state index contributed by atoms with van der Waals surface area (Å²) in [6.45, 7) is 3.89. The Hall–Kier alpha value is -1.69. The van der Waals surface area contributed by atoms with Gasteiger partial charge in [0, 0.05) is 0 Å². The lowest BCUT2D eigenvalue weighted by Gasteiger charge is -2.20. The summed E-state index contributed by atoms with van der Waals surface area (Å²) in [5, 5.41) is 32.6. The van der Waals surface area contributed by atoms with E-state index in [1.54, 1.807) is 6.08 Å². The Morgan fingerprint density at radius 2 is 1.34 bits per heavy atom. The summed E-state index contributed by atoms with van der Waals surface area (Å²) in [6.07, 6.45) is 29.6. The van der Waals surface area contributed by atoms with Gasteiger partial charge in [0.25, 0.3) is 0 Å². The molecular formula is C30H53NO4. The number of allylic oxidation sites excluding steroid dienone is 7. The van der Waals surface area contributed by atoms with Gasteiger partial charge in [-0.3, -0.25) is 4.79 Å². The van der Waals surface area contributed by atoms with Crippen molar-refractivity contribution in [3.05, 3.63) is 48.6 Å². The molecule has 0 aliphatic heterocycles. The van der Waals surface area contributed by atoms with Crippen molar-refractivity contribution in [1.29, 1.82) is 0 Å². The summed E-state index contributed by atoms with van der Waals surface area (Å²) < 4.78 is 0. The molecule has 0 spiro atoms. The van der Waals surface area contributed by atoms with Gasteiger partial charge in [0.15, 0.2) is 0 Å². The molecule has 0 saturated carbocycles. The van der Waals surface area contributed by atoms with Crippen molar-refractivity contribution in [1.82, 2.24) is 5.32 Å². The molecule has 0 heterocycles. The van der Waals surface area contributed by atoms with Crippen molar-refractivity contribution in [2.45, 2.75) is 128 Å². The van der Waals surface area contributed by atoms with E-state index in [-0.39, 0.29) is 18.9 Å². The molecule has 0 rings (SSSR count). The number of rotatable bonds is 23. The lowest BCUT2D eigenvalue weighted by atomic mass is 10.1. The molecule has 3 atom stereocenters. The summed E-state index contributed by atoms with van der Waals surface area (Å²) in [4.78, 5) is 12.2. The minimum absolute atomic E-state index is 0.0214. The number of carbonyl (C=O) groups excluding carboxylic acids is 1. The van der Waals surface area contributed by atoms with E-state index in [1.807, 2.05) is 19.1 Å². The number of nitrogens with one attached hydrogen (secondary N) is 1. The van der Waals surface area contributed by atoms with Crippen molar-refractivity contribution < 1.29 is 20.1 Å². The second-order valence-corrected chi connectivity index (χ2v) is 9.29. The topological polar surface area (TPSA) is 89.8 Å². The quantitative estimate of drug-likeness (QED) is 0.0997. The van der Waals surface area contributed by atoms with Crippen molar-refractivity contribution in [2.24, 2.45) is 0 Å². The van der Waals surface area contributed by atoms with Crippen LogP contribution in [0.3, 0.4) is 0 Å². The van der Waals surface area contributed by atoms with Crippen LogP contribution in [0.5, 0.6) is 0 Å². The molecule has 0 radical (unpaired) electrons. The molecule has 5 heteroatoms. The zero-order valence-electron chi connectivity index (χ0n) is 22.4. The summed E-state index contributed by atoms with van der Waals surface area (Å²) in [5.74, 6) is -0.355. The van der Waals surface area contributed by atoms with Crippen LogP contribution in [0.1, 0.15) is 110 Å². The summed E-state index contributed by atoms with van der Waals surface area (Å²) >= 11 is 0. The van der Waals surface area contributed by atoms with Crippen LogP contribution < -0.4 is 5.32 Å². The van der Waals surface area contributed by atoms with Gasteiger partial charge in [0.1, 0.15) is 0 Å². The summed E-state index contributed by atoms with van der Waals surface area (Å²) in [6, 6.07) is -0.771. The number of hydrogen-bond donors (Lipinski definition) is 4. The lowest BCUT2D eigenvalue weighted by molar-refractivity contribution is -0.124. The van der Waals surface area contributed by atoms with Crippen molar-refractivity contribution in [3.8, 4) is 0 Å². The Morgan fingerprint density at radius 3 is 2.00 bits per heavy atom. The largest absolute Gasteiger partial charge is 0.394 e. The fourth-order valence-corrected chi connectivity index (χ4v) is 3.73. The maximum atomic E-state index is 12.2. The van der Waals surface area contributed by atoms with Crippen LogP contribution in [0.2, 0.25) is 0 Å². The van der Waals surface area contributed by atoms with E-state index in [0.717, 1.165) is 44.9 Å². The molecule has 4 N–H and O–H groups in total. The molecule has 35 heavy (non-hydrogen) atoms. The molecule has 0 aromatic carbocycles. The zero-order valence-corrected chi connectivity index (χ0v) is 22.4. The van der Waals surface area contributed by atoms with Crippen molar-refractivity contribution in [2.75, 3.05) is 6.61 Å². The number of aliphatic hydroxyl groups is 3. The van der Waals surface area contributed by atoms with Gasteiger partial charge in [0.05, 0.1) is 31.3 Å². The number of carbonyl (C=O) groups is 1. The number of hydrogen-bond acceptors (Lipinski definition) is 4. The van der Waals surface area contributed by atoms with Gasteiger partial charge in [-0.05, 0) is 64.7 Å². The zero-order chi connectivity index (χ0) is 26.0. The Morgan fingerprint density at radius 1 is 0.771 bits per heavy atom. The number of unbranched alkanes of at least 4 members (excludes halogenated alkanes) is 9. The van der Waals surface area contributed by atoms with Crippen LogP contribution >= 0.6 is 0 Å². The van der Waals surface area contributed by atoms with E-state index >= 15 is 0 Å². The average Bonchev–Trinajstić information content (AvgIpc) is 2.84. The number of aliphatic hydroxyl groups excluding tert-OH is 3. The first kappa shape index (κ1) is 33.3. The van der Waals surface area contributed by atoms with Crippen LogP contribution in [0.25, 0.3) is 0 Å². The molecule has 202 valence electrons. The normalized spacial score (nSPS) is 15.0. The highest BCUT2D eigenvalue weighted by molar-refractivity contribution is 5.76. The van der Waals surface area contributed by atoms with Crippen LogP contribution in [0, 0.1) is 0 Å². The van der Waals surface area contributed by atoms with E-state index in [0.29, 0.717) is 6.42 Å². The smallest absolute Gasteiger partial charge is 0.222 e. The number of amides is 1. The van der Waals surface area contributed by atoms with Gasteiger partial charge in [-0.15, -0.1) is 0 Å². The third-order valence-corrected chi connectivity index (χ3v) is 5.91. The van der Waals surface area contributed by atoms with Gasteiger partial charge in [-0.25, -0.2) is 0 Å². The highest BCUT2D eigenvalue weighted by Crippen LogP contribution is 2.09. The second-order valence-electron chi connectivity index (χ2n) is 9.29. The molecule has 0 aliphatic carbocycles. The fraction of sp³-hybridized carbons (Fsp3) is 0.700. The third kappa shape index (κ3) is 22.5. The van der Waals surface area contributed by atoms with Crippen molar-refractivity contribution >= 4 is 5.91 Å². The molecule has 0 bridgehead atoms. The monoisotopic (exact) mass is 491 g/mol. The van der Waals surface area contributed by atoms with Gasteiger partial charge < -0.3 is 20.6 Å². The standard InChI is InChI=1S/C30H53NO4/c1-3-5-7-9-11-13-14-16-17-19-21-23-27(33)25-30(35)31-28(26-32)29(34)24-22-20-18-15-12-10-8-6-4-2/h4,6,12,15-17,22,24,27-29,32-34H,3,5,7-11,13-14,18-21,23,25-26H2,1-2H3,(H,31,35)/b6-4+,15-12+,17-16-,24-22+. The van der Waals surface area contributed by atoms with Crippen LogP contribution in [0.15, 0.2) is 48.6 Å². The van der Waals surface area contributed by atoms with E-state index in [2.05, 4.69) is 42.6 Å². The fourth-order valence-electron chi connectivity index (χ4n) is 3.73. The second kappa shape index (κ2) is 25.4. The Labute approximate surface area is 215 Å². The molecule has 0 saturated heterocycles. The van der Waals surface area contributed by atoms with E-state index < -0.39 is 18.2 Å². The van der Waals surface area contributed by atoms with Gasteiger partial charge in [-0.1, -0.05) is 87.6 Å².